The van der Waals surface area contributed by atoms with Crippen LogP contribution in [0.4, 0.5) is 11.6 Å². The third kappa shape index (κ3) is 4.21. The van der Waals surface area contributed by atoms with Gasteiger partial charge < -0.3 is 26.8 Å². The molecule has 2 aromatic carbocycles. The zero-order chi connectivity index (χ0) is 21.1. The van der Waals surface area contributed by atoms with Gasteiger partial charge in [-0.25, -0.2) is 4.98 Å². The third-order valence-electron chi connectivity index (χ3n) is 5.31. The summed E-state index contributed by atoms with van der Waals surface area (Å²) in [6.07, 6.45) is 1.83. The molecule has 1 fully saturated rings. The Bertz CT molecular complexity index is 1030. The summed E-state index contributed by atoms with van der Waals surface area (Å²) in [5.74, 6) is 2.43. The number of benzene rings is 2. The third-order valence-corrected chi connectivity index (χ3v) is 5.31. The standard InChI is InChI=1S/C23H26N6O/c24-16-10-12-29(13-11-16)20-14-19(21(22(25)26)23(27)28-20)15-6-8-18(9-7-15)30-17-4-2-1-3-5-17/h1-9,14,16H,10-13,24H2,(H3,25,26)(H2,27,28). The molecule has 0 unspecified atom stereocenters. The minimum atomic E-state index is -0.105. The molecule has 1 aliphatic heterocycles. The van der Waals surface area contributed by atoms with E-state index in [9.17, 15) is 0 Å². The molecule has 30 heavy (non-hydrogen) atoms. The molecule has 0 radical (unpaired) electrons. The van der Waals surface area contributed by atoms with Crippen LogP contribution in [0.1, 0.15) is 18.4 Å². The second-order valence-electron chi connectivity index (χ2n) is 7.47. The van der Waals surface area contributed by atoms with Crippen LogP contribution < -0.4 is 26.8 Å². The van der Waals surface area contributed by atoms with Crippen molar-refractivity contribution in [2.24, 2.45) is 11.5 Å². The smallest absolute Gasteiger partial charge is 0.137 e. The van der Waals surface area contributed by atoms with Crippen LogP contribution in [0, 0.1) is 5.41 Å². The lowest BCUT2D eigenvalue weighted by atomic mass is 9.99. The van der Waals surface area contributed by atoms with Gasteiger partial charge in [-0.2, -0.15) is 0 Å². The van der Waals surface area contributed by atoms with Gasteiger partial charge in [-0.3, -0.25) is 5.41 Å². The quantitative estimate of drug-likeness (QED) is 0.383. The van der Waals surface area contributed by atoms with Crippen LogP contribution in [0.15, 0.2) is 60.7 Å². The molecule has 0 spiro atoms. The lowest BCUT2D eigenvalue weighted by Crippen LogP contribution is -2.40. The molecule has 154 valence electrons. The number of piperidine rings is 1. The number of aromatic nitrogens is 1. The summed E-state index contributed by atoms with van der Waals surface area (Å²) < 4.78 is 5.88. The molecule has 0 amide bonds. The number of para-hydroxylation sites is 1. The minimum absolute atomic E-state index is 0.105. The molecule has 0 aliphatic carbocycles. The number of ether oxygens (including phenoxy) is 1. The zero-order valence-corrected chi connectivity index (χ0v) is 16.7. The van der Waals surface area contributed by atoms with E-state index >= 15 is 0 Å². The van der Waals surface area contributed by atoms with Gasteiger partial charge in [0.15, 0.2) is 0 Å². The fourth-order valence-corrected chi connectivity index (χ4v) is 3.68. The van der Waals surface area contributed by atoms with Crippen LogP contribution in [-0.4, -0.2) is 30.0 Å². The summed E-state index contributed by atoms with van der Waals surface area (Å²) in [7, 11) is 0. The van der Waals surface area contributed by atoms with Crippen molar-refractivity contribution in [3.05, 3.63) is 66.2 Å². The average Bonchev–Trinajstić information content (AvgIpc) is 2.75. The fraction of sp³-hybridized carbons (Fsp3) is 0.217. The van der Waals surface area contributed by atoms with Crippen molar-refractivity contribution in [2.75, 3.05) is 23.7 Å². The van der Waals surface area contributed by atoms with Crippen molar-refractivity contribution in [1.82, 2.24) is 4.98 Å². The summed E-state index contributed by atoms with van der Waals surface area (Å²) in [6.45, 7) is 1.66. The number of nitrogen functional groups attached to an aromatic ring is 2. The first-order valence-electron chi connectivity index (χ1n) is 10.00. The second-order valence-corrected chi connectivity index (χ2v) is 7.47. The molecule has 2 heterocycles. The van der Waals surface area contributed by atoms with Crippen LogP contribution in [-0.2, 0) is 0 Å². The van der Waals surface area contributed by atoms with E-state index in [0.717, 1.165) is 54.4 Å². The number of hydrogen-bond donors (Lipinski definition) is 4. The molecule has 0 atom stereocenters. The molecular formula is C23H26N6O. The highest BCUT2D eigenvalue weighted by Gasteiger charge is 2.21. The first-order chi connectivity index (χ1) is 14.5. The lowest BCUT2D eigenvalue weighted by Gasteiger charge is -2.31. The fourth-order valence-electron chi connectivity index (χ4n) is 3.68. The van der Waals surface area contributed by atoms with Crippen LogP contribution >= 0.6 is 0 Å². The number of rotatable bonds is 5. The van der Waals surface area contributed by atoms with E-state index in [1.54, 1.807) is 0 Å². The Morgan fingerprint density at radius 2 is 1.63 bits per heavy atom. The molecular weight excluding hydrogens is 376 g/mol. The zero-order valence-electron chi connectivity index (χ0n) is 16.7. The van der Waals surface area contributed by atoms with Gasteiger partial charge in [0.1, 0.15) is 29.0 Å². The Labute approximate surface area is 176 Å². The molecule has 7 N–H and O–H groups in total. The number of pyridine rings is 1. The van der Waals surface area contributed by atoms with Crippen molar-refractivity contribution < 1.29 is 4.74 Å². The van der Waals surface area contributed by atoms with E-state index in [1.807, 2.05) is 60.7 Å². The van der Waals surface area contributed by atoms with Gasteiger partial charge in [0.25, 0.3) is 0 Å². The number of anilines is 2. The topological polar surface area (TPSA) is 127 Å². The molecule has 4 rings (SSSR count). The first kappa shape index (κ1) is 19.7. The largest absolute Gasteiger partial charge is 0.457 e. The Balaban J connectivity index is 1.67. The molecule has 7 heteroatoms. The van der Waals surface area contributed by atoms with Gasteiger partial charge in [0.2, 0.25) is 0 Å². The summed E-state index contributed by atoms with van der Waals surface area (Å²) in [6, 6.07) is 19.5. The SMILES string of the molecule is N=C(N)c1c(-c2ccc(Oc3ccccc3)cc2)cc(N2CCC(N)CC2)nc1N. The summed E-state index contributed by atoms with van der Waals surface area (Å²) in [4.78, 5) is 6.70. The highest BCUT2D eigenvalue weighted by Crippen LogP contribution is 2.33. The van der Waals surface area contributed by atoms with Gasteiger partial charge in [-0.1, -0.05) is 30.3 Å². The van der Waals surface area contributed by atoms with Crippen molar-refractivity contribution in [1.29, 1.82) is 5.41 Å². The highest BCUT2D eigenvalue weighted by molar-refractivity contribution is 6.06. The Morgan fingerprint density at radius 1 is 1.00 bits per heavy atom. The van der Waals surface area contributed by atoms with Crippen LogP contribution in [0.2, 0.25) is 0 Å². The maximum atomic E-state index is 8.00. The minimum Gasteiger partial charge on any atom is -0.457 e. The van der Waals surface area contributed by atoms with Crippen LogP contribution in [0.25, 0.3) is 11.1 Å². The Hall–Kier alpha value is -3.58. The first-order valence-corrected chi connectivity index (χ1v) is 10.00. The molecule has 1 aliphatic rings. The predicted molar refractivity (Wildman–Crippen MR) is 121 cm³/mol. The summed E-state index contributed by atoms with van der Waals surface area (Å²) >= 11 is 0. The van der Waals surface area contributed by atoms with E-state index < -0.39 is 0 Å². The highest BCUT2D eigenvalue weighted by atomic mass is 16.5. The predicted octanol–water partition coefficient (Wildman–Crippen LogP) is 3.33. The second kappa shape index (κ2) is 8.42. The maximum absolute atomic E-state index is 8.00. The number of nitrogens with two attached hydrogens (primary N) is 3. The summed E-state index contributed by atoms with van der Waals surface area (Å²) in [5, 5.41) is 8.00. The van der Waals surface area contributed by atoms with Crippen LogP contribution in [0.3, 0.4) is 0 Å². The number of nitrogens with one attached hydrogen (secondary N) is 1. The van der Waals surface area contributed by atoms with Crippen molar-refractivity contribution in [3.8, 4) is 22.6 Å². The van der Waals surface area contributed by atoms with E-state index in [2.05, 4.69) is 9.88 Å². The molecule has 7 nitrogen and oxygen atoms in total. The van der Waals surface area contributed by atoms with Crippen LogP contribution in [0.5, 0.6) is 11.5 Å². The normalized spacial score (nSPS) is 14.5. The average molecular weight is 403 g/mol. The van der Waals surface area contributed by atoms with Gasteiger partial charge in [-0.05, 0) is 54.3 Å². The number of nitrogens with zero attached hydrogens (tertiary/aromatic N) is 2. The Kier molecular flexibility index (Phi) is 5.54. The number of hydrogen-bond acceptors (Lipinski definition) is 6. The van der Waals surface area contributed by atoms with E-state index in [-0.39, 0.29) is 17.7 Å². The van der Waals surface area contributed by atoms with E-state index in [4.69, 9.17) is 27.3 Å². The van der Waals surface area contributed by atoms with Crippen molar-refractivity contribution in [2.45, 2.75) is 18.9 Å². The molecule has 3 aromatic rings. The van der Waals surface area contributed by atoms with E-state index in [0.29, 0.717) is 5.56 Å². The van der Waals surface area contributed by atoms with Gasteiger partial charge in [0.05, 0.1) is 5.56 Å². The Morgan fingerprint density at radius 3 is 2.27 bits per heavy atom. The van der Waals surface area contributed by atoms with E-state index in [1.165, 1.54) is 0 Å². The van der Waals surface area contributed by atoms with Gasteiger partial charge in [0, 0.05) is 19.1 Å². The molecule has 1 saturated heterocycles. The van der Waals surface area contributed by atoms with Crippen molar-refractivity contribution in [3.63, 3.8) is 0 Å². The van der Waals surface area contributed by atoms with Gasteiger partial charge in [-0.15, -0.1) is 0 Å². The monoisotopic (exact) mass is 402 g/mol. The molecule has 1 aromatic heterocycles. The molecule has 0 bridgehead atoms. The molecule has 0 saturated carbocycles. The summed E-state index contributed by atoms with van der Waals surface area (Å²) in [5.41, 5.74) is 20.2. The maximum Gasteiger partial charge on any atom is 0.137 e. The van der Waals surface area contributed by atoms with Gasteiger partial charge >= 0.3 is 0 Å². The van der Waals surface area contributed by atoms with Crippen molar-refractivity contribution >= 4 is 17.5 Å². The number of amidine groups is 1. The lowest BCUT2D eigenvalue weighted by molar-refractivity contribution is 0.483.